The van der Waals surface area contributed by atoms with Gasteiger partial charge in [0.15, 0.2) is 0 Å². The molecule has 9 aromatic rings. The molecular weight excluding hydrogens is 659 g/mol. The SMILES string of the molecule is CC1(C)c2ccccc2-c2c(N(c3ccc4c(c3)-c3ccccc3-c3ccccc3-c3ccccc3-4)c3ccc4sc5ccccc5c4c3)cccc21. The van der Waals surface area contributed by atoms with E-state index >= 15 is 0 Å². The molecule has 0 amide bonds. The normalized spacial score (nSPS) is 13.2. The Morgan fingerprint density at radius 1 is 0.377 bits per heavy atom. The van der Waals surface area contributed by atoms with Gasteiger partial charge in [0.1, 0.15) is 0 Å². The van der Waals surface area contributed by atoms with Gasteiger partial charge in [-0.3, -0.25) is 0 Å². The lowest BCUT2D eigenvalue weighted by molar-refractivity contribution is 0.660. The summed E-state index contributed by atoms with van der Waals surface area (Å²) in [5.74, 6) is 0. The molecule has 0 bridgehead atoms. The van der Waals surface area contributed by atoms with Crippen molar-refractivity contribution in [2.24, 2.45) is 0 Å². The fourth-order valence-electron chi connectivity index (χ4n) is 9.19. The highest BCUT2D eigenvalue weighted by molar-refractivity contribution is 7.25. The van der Waals surface area contributed by atoms with E-state index in [-0.39, 0.29) is 5.41 Å². The Bertz CT molecular complexity index is 2940. The molecule has 250 valence electrons. The van der Waals surface area contributed by atoms with Crippen molar-refractivity contribution in [3.8, 4) is 55.6 Å². The number of hydrogen-bond donors (Lipinski definition) is 0. The average molecular weight is 694 g/mol. The van der Waals surface area contributed by atoms with Gasteiger partial charge in [0, 0.05) is 42.5 Å². The monoisotopic (exact) mass is 693 g/mol. The van der Waals surface area contributed by atoms with Crippen molar-refractivity contribution in [1.82, 2.24) is 0 Å². The van der Waals surface area contributed by atoms with E-state index in [0.29, 0.717) is 0 Å². The second-order valence-corrected chi connectivity index (χ2v) is 15.9. The predicted octanol–water partition coefficient (Wildman–Crippen LogP) is 14.8. The molecule has 53 heavy (non-hydrogen) atoms. The summed E-state index contributed by atoms with van der Waals surface area (Å²) in [5.41, 5.74) is 18.8. The number of hydrogen-bond acceptors (Lipinski definition) is 2. The first-order valence-corrected chi connectivity index (χ1v) is 19.3. The number of anilines is 3. The second kappa shape index (κ2) is 11.4. The van der Waals surface area contributed by atoms with Gasteiger partial charge in [-0.2, -0.15) is 0 Å². The summed E-state index contributed by atoms with van der Waals surface area (Å²) in [6.07, 6.45) is 0. The fourth-order valence-corrected chi connectivity index (χ4v) is 10.3. The number of fused-ring (bicyclic) bond motifs is 14. The molecule has 0 N–H and O–H groups in total. The lowest BCUT2D eigenvalue weighted by Gasteiger charge is -2.30. The molecule has 0 radical (unpaired) electrons. The number of benzene rings is 8. The third-order valence-electron chi connectivity index (χ3n) is 11.6. The summed E-state index contributed by atoms with van der Waals surface area (Å²) in [6.45, 7) is 4.74. The molecule has 0 aliphatic heterocycles. The molecule has 2 aliphatic carbocycles. The smallest absolute Gasteiger partial charge is 0.0543 e. The van der Waals surface area contributed by atoms with Crippen LogP contribution in [0.4, 0.5) is 17.1 Å². The Labute approximate surface area is 314 Å². The zero-order valence-corrected chi connectivity index (χ0v) is 30.4. The Morgan fingerprint density at radius 2 is 0.868 bits per heavy atom. The first kappa shape index (κ1) is 30.4. The fraction of sp³-hybridized carbons (Fsp3) is 0.0588. The van der Waals surface area contributed by atoms with E-state index in [1.165, 1.54) is 92.6 Å². The molecule has 1 aromatic heterocycles. The van der Waals surface area contributed by atoms with Crippen molar-refractivity contribution < 1.29 is 0 Å². The Morgan fingerprint density at radius 3 is 1.55 bits per heavy atom. The summed E-state index contributed by atoms with van der Waals surface area (Å²) in [7, 11) is 0. The summed E-state index contributed by atoms with van der Waals surface area (Å²) in [5, 5.41) is 2.60. The molecule has 8 aromatic carbocycles. The van der Waals surface area contributed by atoms with E-state index in [4.69, 9.17) is 0 Å². The number of rotatable bonds is 3. The van der Waals surface area contributed by atoms with Crippen LogP contribution in [0, 0.1) is 0 Å². The first-order valence-electron chi connectivity index (χ1n) is 18.4. The van der Waals surface area contributed by atoms with Crippen LogP contribution in [0.5, 0.6) is 0 Å². The van der Waals surface area contributed by atoms with Crippen molar-refractivity contribution in [2.75, 3.05) is 4.90 Å². The maximum atomic E-state index is 2.52. The van der Waals surface area contributed by atoms with Gasteiger partial charge in [0.2, 0.25) is 0 Å². The average Bonchev–Trinajstić information content (AvgIpc) is 3.69. The van der Waals surface area contributed by atoms with E-state index in [2.05, 4.69) is 195 Å². The molecule has 0 fully saturated rings. The molecular formula is C51H35NS. The van der Waals surface area contributed by atoms with Crippen molar-refractivity contribution in [3.05, 3.63) is 187 Å². The van der Waals surface area contributed by atoms with E-state index in [9.17, 15) is 0 Å². The first-order chi connectivity index (χ1) is 26.1. The van der Waals surface area contributed by atoms with Crippen LogP contribution in [0.2, 0.25) is 0 Å². The van der Waals surface area contributed by atoms with Gasteiger partial charge in [0.25, 0.3) is 0 Å². The minimum atomic E-state index is -0.108. The maximum absolute atomic E-state index is 2.52. The van der Waals surface area contributed by atoms with E-state index < -0.39 is 0 Å². The minimum Gasteiger partial charge on any atom is -0.310 e. The summed E-state index contributed by atoms with van der Waals surface area (Å²) < 4.78 is 2.63. The lowest BCUT2D eigenvalue weighted by atomic mass is 9.80. The highest BCUT2D eigenvalue weighted by Gasteiger charge is 2.38. The van der Waals surface area contributed by atoms with Gasteiger partial charge in [-0.1, -0.05) is 147 Å². The largest absolute Gasteiger partial charge is 0.310 e. The molecule has 2 heteroatoms. The molecule has 0 atom stereocenters. The maximum Gasteiger partial charge on any atom is 0.0543 e. The van der Waals surface area contributed by atoms with Crippen LogP contribution >= 0.6 is 11.3 Å². The van der Waals surface area contributed by atoms with Gasteiger partial charge in [0.05, 0.1) is 5.69 Å². The van der Waals surface area contributed by atoms with E-state index in [1.54, 1.807) is 0 Å². The molecule has 0 unspecified atom stereocenters. The highest BCUT2D eigenvalue weighted by Crippen LogP contribution is 2.55. The molecule has 11 rings (SSSR count). The Kier molecular flexibility index (Phi) is 6.53. The lowest BCUT2D eigenvalue weighted by Crippen LogP contribution is -2.16. The minimum absolute atomic E-state index is 0.108. The van der Waals surface area contributed by atoms with Gasteiger partial charge < -0.3 is 4.90 Å². The molecule has 0 spiro atoms. The molecule has 1 nitrogen and oxygen atoms in total. The van der Waals surface area contributed by atoms with Crippen LogP contribution < -0.4 is 4.90 Å². The Hall–Kier alpha value is -6.22. The van der Waals surface area contributed by atoms with Gasteiger partial charge in [-0.05, 0) is 104 Å². The van der Waals surface area contributed by atoms with Gasteiger partial charge in [-0.25, -0.2) is 0 Å². The van der Waals surface area contributed by atoms with Gasteiger partial charge in [-0.15, -0.1) is 11.3 Å². The Balaban J connectivity index is 1.22. The van der Waals surface area contributed by atoms with Crippen molar-refractivity contribution in [2.45, 2.75) is 19.3 Å². The summed E-state index contributed by atoms with van der Waals surface area (Å²) >= 11 is 1.87. The van der Waals surface area contributed by atoms with Crippen molar-refractivity contribution in [3.63, 3.8) is 0 Å². The number of thiophene rings is 1. The van der Waals surface area contributed by atoms with Crippen LogP contribution in [0.1, 0.15) is 25.0 Å². The molecule has 0 saturated heterocycles. The topological polar surface area (TPSA) is 3.24 Å². The third kappa shape index (κ3) is 4.43. The van der Waals surface area contributed by atoms with E-state index in [0.717, 1.165) is 11.4 Å². The van der Waals surface area contributed by atoms with Crippen LogP contribution in [0.3, 0.4) is 0 Å². The van der Waals surface area contributed by atoms with E-state index in [1.807, 2.05) is 11.3 Å². The quantitative estimate of drug-likeness (QED) is 0.178. The summed E-state index contributed by atoms with van der Waals surface area (Å²) in [6, 6.07) is 65.6. The van der Waals surface area contributed by atoms with Crippen LogP contribution in [0.15, 0.2) is 176 Å². The van der Waals surface area contributed by atoms with Crippen LogP contribution in [-0.2, 0) is 5.41 Å². The zero-order valence-electron chi connectivity index (χ0n) is 29.6. The molecule has 0 saturated carbocycles. The highest BCUT2D eigenvalue weighted by atomic mass is 32.1. The van der Waals surface area contributed by atoms with Crippen LogP contribution in [-0.4, -0.2) is 0 Å². The zero-order chi connectivity index (χ0) is 35.3. The molecule has 2 aliphatic rings. The summed E-state index contributed by atoms with van der Waals surface area (Å²) in [4.78, 5) is 2.52. The van der Waals surface area contributed by atoms with Gasteiger partial charge >= 0.3 is 0 Å². The predicted molar refractivity (Wildman–Crippen MR) is 227 cm³/mol. The van der Waals surface area contributed by atoms with Crippen molar-refractivity contribution >= 4 is 48.6 Å². The third-order valence-corrected chi connectivity index (χ3v) is 12.8. The standard InChI is InChI=1S/C51H35NS/c1-51(2)45-22-11-9-21-42(45)50-46(51)23-13-24-47(50)52(33-27-29-49-44(31-33)41-20-10-12-25-48(41)53-49)32-26-28-40-38-18-6-5-16-36(38)34-14-3-4-15-35(34)37-17-7-8-19-39(37)43(40)30-32/h3-31H,1-2H3. The molecule has 1 heterocycles. The number of nitrogens with zero attached hydrogens (tertiary/aromatic N) is 1. The van der Waals surface area contributed by atoms with Crippen molar-refractivity contribution in [1.29, 1.82) is 0 Å². The second-order valence-electron chi connectivity index (χ2n) is 14.9. The van der Waals surface area contributed by atoms with Crippen LogP contribution in [0.25, 0.3) is 75.8 Å².